The van der Waals surface area contributed by atoms with E-state index in [-0.39, 0.29) is 0 Å². The Bertz CT molecular complexity index is 1960. The summed E-state index contributed by atoms with van der Waals surface area (Å²) in [6.45, 7) is 18.6. The van der Waals surface area contributed by atoms with E-state index in [1.54, 1.807) is 0 Å². The number of fused-ring (bicyclic) bond motifs is 2. The highest BCUT2D eigenvalue weighted by molar-refractivity contribution is 6.00. The maximum atomic E-state index is 12.9. The summed E-state index contributed by atoms with van der Waals surface area (Å²) in [6.07, 6.45) is 1.56. The van der Waals surface area contributed by atoms with Crippen LogP contribution in [0.25, 0.3) is 33.4 Å². The molecule has 12 heteroatoms. The second-order valence-corrected chi connectivity index (χ2v) is 15.6. The first kappa shape index (κ1) is 38.3. The van der Waals surface area contributed by atoms with Crippen LogP contribution in [0.4, 0.5) is 0 Å². The number of hydrogen-bond donors (Lipinski definition) is 2. The first-order valence-corrected chi connectivity index (χ1v) is 20.1. The number of carbonyl (C=O) groups is 2. The van der Waals surface area contributed by atoms with Crippen LogP contribution in [-0.4, -0.2) is 133 Å². The summed E-state index contributed by atoms with van der Waals surface area (Å²) in [7, 11) is 0. The maximum Gasteiger partial charge on any atom is 0.267 e. The lowest BCUT2D eigenvalue weighted by molar-refractivity contribution is 0.0326. The Morgan fingerprint density at radius 2 is 0.911 bits per heavy atom. The quantitative estimate of drug-likeness (QED) is 0.233. The van der Waals surface area contributed by atoms with Crippen LogP contribution in [0.2, 0.25) is 0 Å². The van der Waals surface area contributed by atoms with Crippen LogP contribution in [0.5, 0.6) is 0 Å². The zero-order chi connectivity index (χ0) is 38.8. The molecule has 294 valence electrons. The summed E-state index contributed by atoms with van der Waals surface area (Å²) in [5, 5.41) is 0. The third kappa shape index (κ3) is 8.13. The van der Waals surface area contributed by atoms with E-state index >= 15 is 0 Å². The number of primary amides is 2. The number of nitrogens with two attached hydrogens (primary N) is 2. The number of carbonyl (C=O) groups excluding carboxylic acids is 2. The van der Waals surface area contributed by atoms with Crippen LogP contribution in [0.15, 0.2) is 48.5 Å². The number of pyridine rings is 2. The molecule has 0 saturated carbocycles. The van der Waals surface area contributed by atoms with Crippen LogP contribution in [-0.2, 0) is 35.4 Å². The van der Waals surface area contributed by atoms with Crippen molar-refractivity contribution in [3.63, 3.8) is 0 Å². The monoisotopic (exact) mass is 758 g/mol. The molecular formula is C44H54N8O4. The molecule has 4 aromatic rings. The highest BCUT2D eigenvalue weighted by atomic mass is 16.5. The van der Waals surface area contributed by atoms with Gasteiger partial charge in [-0.2, -0.15) is 0 Å². The van der Waals surface area contributed by atoms with Crippen molar-refractivity contribution in [1.82, 2.24) is 29.6 Å². The van der Waals surface area contributed by atoms with E-state index in [1.165, 1.54) is 0 Å². The van der Waals surface area contributed by atoms with Gasteiger partial charge in [-0.3, -0.25) is 29.2 Å². The summed E-state index contributed by atoms with van der Waals surface area (Å²) in [5.41, 5.74) is 24.3. The zero-order valence-electron chi connectivity index (χ0n) is 32.8. The lowest BCUT2D eigenvalue weighted by atomic mass is 9.86. The van der Waals surface area contributed by atoms with E-state index in [0.29, 0.717) is 11.4 Å². The van der Waals surface area contributed by atoms with E-state index in [0.717, 1.165) is 185 Å². The normalized spacial score (nSPS) is 18.4. The molecule has 0 spiro atoms. The van der Waals surface area contributed by atoms with Crippen LogP contribution >= 0.6 is 0 Å². The standard InChI is InChI=1S/C44H54N8O4/c1-29-33(5-3-7-35(29)37-25-31-27-51(15-13-49-17-21-55-22-18-49)11-9-39(31)47-41(37)43(45)53)34-6-4-8-36(30(34)2)38-26-32-28-52(16-14-50-19-23-56-24-20-50)12-10-40(32)48-42(38)44(46)54/h3-8,25-26H,9-24,27-28H2,1-2H3,(H2,45,53)(H2,46,54). The molecular weight excluding hydrogens is 705 g/mol. The third-order valence-corrected chi connectivity index (χ3v) is 12.2. The van der Waals surface area contributed by atoms with Gasteiger partial charge in [-0.1, -0.05) is 36.4 Å². The van der Waals surface area contributed by atoms with Crippen molar-refractivity contribution in [2.45, 2.75) is 39.8 Å². The molecule has 56 heavy (non-hydrogen) atoms. The van der Waals surface area contributed by atoms with Crippen molar-refractivity contribution in [3.8, 4) is 33.4 Å². The molecule has 0 radical (unpaired) electrons. The van der Waals surface area contributed by atoms with E-state index in [1.807, 2.05) is 12.1 Å². The van der Waals surface area contributed by atoms with Crippen molar-refractivity contribution in [2.24, 2.45) is 11.5 Å². The molecule has 0 unspecified atom stereocenters. The Balaban J connectivity index is 1.09. The van der Waals surface area contributed by atoms with Gasteiger partial charge in [0.2, 0.25) is 0 Å². The molecule has 2 saturated heterocycles. The fraction of sp³-hybridized carbons (Fsp3) is 0.455. The molecule has 4 aliphatic rings. The third-order valence-electron chi connectivity index (χ3n) is 12.2. The summed E-state index contributed by atoms with van der Waals surface area (Å²) in [6, 6.07) is 16.7. The molecule has 6 heterocycles. The fourth-order valence-corrected chi connectivity index (χ4v) is 8.88. The molecule has 12 nitrogen and oxygen atoms in total. The number of hydrogen-bond acceptors (Lipinski definition) is 10. The molecule has 2 aromatic carbocycles. The van der Waals surface area contributed by atoms with E-state index in [9.17, 15) is 9.59 Å². The van der Waals surface area contributed by atoms with Crippen molar-refractivity contribution in [2.75, 3.05) is 91.9 Å². The van der Waals surface area contributed by atoms with Crippen LogP contribution in [0, 0.1) is 13.8 Å². The summed E-state index contributed by atoms with van der Waals surface area (Å²) in [4.78, 5) is 45.6. The molecule has 2 fully saturated rings. The molecule has 4 N–H and O–H groups in total. The Morgan fingerprint density at radius 1 is 0.554 bits per heavy atom. The maximum absolute atomic E-state index is 12.9. The minimum atomic E-state index is -0.529. The van der Waals surface area contributed by atoms with Crippen molar-refractivity contribution < 1.29 is 19.1 Å². The second-order valence-electron chi connectivity index (χ2n) is 15.6. The summed E-state index contributed by atoms with van der Waals surface area (Å²) in [5.74, 6) is -1.06. The van der Waals surface area contributed by atoms with Crippen LogP contribution in [0.1, 0.15) is 54.6 Å². The summed E-state index contributed by atoms with van der Waals surface area (Å²) >= 11 is 0. The number of morpholine rings is 2. The zero-order valence-corrected chi connectivity index (χ0v) is 32.8. The number of amides is 2. The first-order valence-electron chi connectivity index (χ1n) is 20.1. The van der Waals surface area contributed by atoms with Gasteiger partial charge in [-0.15, -0.1) is 0 Å². The predicted octanol–water partition coefficient (Wildman–Crippen LogP) is 3.67. The number of rotatable bonds is 11. The smallest absolute Gasteiger partial charge is 0.267 e. The van der Waals surface area contributed by atoms with Crippen molar-refractivity contribution in [1.29, 1.82) is 0 Å². The molecule has 0 bridgehead atoms. The van der Waals surface area contributed by atoms with E-state index in [2.05, 4.69) is 69.8 Å². The van der Waals surface area contributed by atoms with Crippen molar-refractivity contribution in [3.05, 3.63) is 93.6 Å². The fourth-order valence-electron chi connectivity index (χ4n) is 8.88. The van der Waals surface area contributed by atoms with Crippen molar-refractivity contribution >= 4 is 11.8 Å². The Morgan fingerprint density at radius 3 is 1.29 bits per heavy atom. The van der Waals surface area contributed by atoms with Gasteiger partial charge >= 0.3 is 0 Å². The number of ether oxygens (including phenoxy) is 2. The van der Waals surface area contributed by atoms with Gasteiger partial charge in [-0.05, 0) is 70.5 Å². The average Bonchev–Trinajstić information content (AvgIpc) is 3.22. The first-order chi connectivity index (χ1) is 27.2. The molecule has 4 aliphatic heterocycles. The second kappa shape index (κ2) is 16.9. The molecule has 0 aliphatic carbocycles. The van der Waals surface area contributed by atoms with Gasteiger partial charge in [0.05, 0.1) is 26.4 Å². The SMILES string of the molecule is Cc1c(-c2cc3c(nc2C(N)=O)CCN(CCN2CCOCC2)C3)cccc1-c1cccc(-c2cc3c(nc2C(N)=O)CCN(CCN2CCOCC2)C3)c1C. The van der Waals surface area contributed by atoms with E-state index < -0.39 is 11.8 Å². The Labute approximate surface area is 329 Å². The highest BCUT2D eigenvalue weighted by Crippen LogP contribution is 2.39. The molecule has 2 aromatic heterocycles. The van der Waals surface area contributed by atoms with Gasteiger partial charge in [0.15, 0.2) is 0 Å². The minimum absolute atomic E-state index is 0.307. The highest BCUT2D eigenvalue weighted by Gasteiger charge is 2.27. The number of nitrogens with zero attached hydrogens (tertiary/aromatic N) is 6. The van der Waals surface area contributed by atoms with Gasteiger partial charge < -0.3 is 20.9 Å². The molecule has 2 amide bonds. The molecule has 0 atom stereocenters. The summed E-state index contributed by atoms with van der Waals surface area (Å²) < 4.78 is 11.1. The van der Waals surface area contributed by atoms with Gasteiger partial charge in [0.1, 0.15) is 11.4 Å². The number of benzene rings is 2. The Hall–Kier alpha value is -4.56. The van der Waals surface area contributed by atoms with Gasteiger partial charge in [0.25, 0.3) is 11.8 Å². The largest absolute Gasteiger partial charge is 0.379 e. The lowest BCUT2D eigenvalue weighted by Crippen LogP contribution is -2.42. The van der Waals surface area contributed by atoms with Crippen LogP contribution in [0.3, 0.4) is 0 Å². The van der Waals surface area contributed by atoms with Crippen LogP contribution < -0.4 is 11.5 Å². The lowest BCUT2D eigenvalue weighted by Gasteiger charge is -2.32. The van der Waals surface area contributed by atoms with Gasteiger partial charge in [-0.25, -0.2) is 9.97 Å². The predicted molar refractivity (Wildman–Crippen MR) is 217 cm³/mol. The van der Waals surface area contributed by atoms with Gasteiger partial charge in [0, 0.05) is 114 Å². The average molecular weight is 759 g/mol. The van der Waals surface area contributed by atoms with E-state index in [4.69, 9.17) is 30.9 Å². The topological polar surface area (TPSA) is 143 Å². The molecule has 8 rings (SSSR count). The minimum Gasteiger partial charge on any atom is -0.379 e. The number of aromatic nitrogens is 2. The Kier molecular flexibility index (Phi) is 11.6.